The number of methoxy groups -OCH3 is 1. The summed E-state index contributed by atoms with van der Waals surface area (Å²) < 4.78 is 5.15. The molecule has 2 rings (SSSR count). The van der Waals surface area contributed by atoms with Crippen molar-refractivity contribution in [2.45, 2.75) is 18.4 Å². The highest BCUT2D eigenvalue weighted by Crippen LogP contribution is 2.51. The summed E-state index contributed by atoms with van der Waals surface area (Å²) in [5.41, 5.74) is 0.00289. The average molecular weight is 199 g/mol. The van der Waals surface area contributed by atoms with Crippen LogP contribution in [0.15, 0.2) is 18.2 Å². The van der Waals surface area contributed by atoms with Crippen molar-refractivity contribution in [2.24, 2.45) is 0 Å². The van der Waals surface area contributed by atoms with E-state index in [1.807, 2.05) is 12.1 Å². The topological polar surface area (TPSA) is 29.5 Å². The second kappa shape index (κ2) is 2.89. The SMILES string of the molecule is COc1cccc(Cl)c1C1(O)CC1. The third kappa shape index (κ3) is 1.40. The van der Waals surface area contributed by atoms with Gasteiger partial charge < -0.3 is 9.84 Å². The molecule has 1 N–H and O–H groups in total. The number of hydrogen-bond donors (Lipinski definition) is 1. The van der Waals surface area contributed by atoms with Gasteiger partial charge in [-0.3, -0.25) is 0 Å². The zero-order chi connectivity index (χ0) is 9.47. The van der Waals surface area contributed by atoms with Gasteiger partial charge in [0.15, 0.2) is 0 Å². The van der Waals surface area contributed by atoms with Gasteiger partial charge in [-0.05, 0) is 25.0 Å². The van der Waals surface area contributed by atoms with Crippen LogP contribution in [0.2, 0.25) is 5.02 Å². The van der Waals surface area contributed by atoms with E-state index in [1.54, 1.807) is 13.2 Å². The standard InChI is InChI=1S/C10H11ClO2/c1-13-8-4-2-3-7(11)9(8)10(12)5-6-10/h2-4,12H,5-6H2,1H3. The molecule has 13 heavy (non-hydrogen) atoms. The molecule has 0 amide bonds. The van der Waals surface area contributed by atoms with Crippen molar-refractivity contribution in [3.05, 3.63) is 28.8 Å². The predicted molar refractivity (Wildman–Crippen MR) is 51.1 cm³/mol. The molecule has 0 aliphatic heterocycles. The lowest BCUT2D eigenvalue weighted by Crippen LogP contribution is -2.07. The lowest BCUT2D eigenvalue weighted by Gasteiger charge is -2.14. The summed E-state index contributed by atoms with van der Waals surface area (Å²) in [4.78, 5) is 0. The lowest BCUT2D eigenvalue weighted by molar-refractivity contribution is 0.147. The van der Waals surface area contributed by atoms with Crippen molar-refractivity contribution in [1.82, 2.24) is 0 Å². The Morgan fingerprint density at radius 1 is 1.46 bits per heavy atom. The number of rotatable bonds is 2. The number of halogens is 1. The molecule has 1 aliphatic rings. The van der Waals surface area contributed by atoms with Crippen molar-refractivity contribution in [2.75, 3.05) is 7.11 Å². The fourth-order valence-electron chi connectivity index (χ4n) is 1.49. The van der Waals surface area contributed by atoms with Crippen LogP contribution in [0.5, 0.6) is 5.75 Å². The fraction of sp³-hybridized carbons (Fsp3) is 0.400. The molecule has 0 radical (unpaired) electrons. The first-order valence-electron chi connectivity index (χ1n) is 4.23. The Kier molecular flexibility index (Phi) is 1.97. The maximum atomic E-state index is 9.93. The van der Waals surface area contributed by atoms with Gasteiger partial charge in [-0.1, -0.05) is 17.7 Å². The molecular formula is C10H11ClO2. The van der Waals surface area contributed by atoms with Crippen LogP contribution < -0.4 is 4.74 Å². The normalized spacial score (nSPS) is 18.4. The largest absolute Gasteiger partial charge is 0.496 e. The molecule has 1 aromatic rings. The van der Waals surface area contributed by atoms with Crippen LogP contribution in [0.1, 0.15) is 18.4 Å². The van der Waals surface area contributed by atoms with Crippen LogP contribution in [-0.4, -0.2) is 12.2 Å². The molecule has 1 fully saturated rings. The van der Waals surface area contributed by atoms with Gasteiger partial charge in [0, 0.05) is 5.56 Å². The summed E-state index contributed by atoms with van der Waals surface area (Å²) in [6.45, 7) is 0. The molecule has 2 nitrogen and oxygen atoms in total. The van der Waals surface area contributed by atoms with E-state index in [4.69, 9.17) is 16.3 Å². The van der Waals surface area contributed by atoms with Crippen molar-refractivity contribution in [3.8, 4) is 5.75 Å². The quantitative estimate of drug-likeness (QED) is 0.791. The molecule has 1 aromatic carbocycles. The molecule has 0 spiro atoms. The minimum Gasteiger partial charge on any atom is -0.496 e. The van der Waals surface area contributed by atoms with Crippen LogP contribution in [0, 0.1) is 0 Å². The van der Waals surface area contributed by atoms with Crippen molar-refractivity contribution in [3.63, 3.8) is 0 Å². The van der Waals surface area contributed by atoms with E-state index < -0.39 is 5.60 Å². The van der Waals surface area contributed by atoms with Crippen LogP contribution in [0.3, 0.4) is 0 Å². The van der Waals surface area contributed by atoms with Crippen LogP contribution in [-0.2, 0) is 5.60 Å². The van der Waals surface area contributed by atoms with Crippen LogP contribution in [0.25, 0.3) is 0 Å². The maximum absolute atomic E-state index is 9.93. The van der Waals surface area contributed by atoms with Gasteiger partial charge in [-0.2, -0.15) is 0 Å². The van der Waals surface area contributed by atoms with Gasteiger partial charge in [-0.25, -0.2) is 0 Å². The Morgan fingerprint density at radius 3 is 2.69 bits per heavy atom. The van der Waals surface area contributed by atoms with E-state index in [1.165, 1.54) is 0 Å². The first-order valence-corrected chi connectivity index (χ1v) is 4.60. The van der Waals surface area contributed by atoms with Crippen LogP contribution >= 0.6 is 11.6 Å². The molecule has 0 aromatic heterocycles. The molecule has 1 aliphatic carbocycles. The Hall–Kier alpha value is -0.730. The third-order valence-electron chi connectivity index (χ3n) is 2.38. The van der Waals surface area contributed by atoms with Gasteiger partial charge in [0.05, 0.1) is 17.7 Å². The number of hydrogen-bond acceptors (Lipinski definition) is 2. The Bertz CT molecular complexity index is 332. The van der Waals surface area contributed by atoms with Crippen molar-refractivity contribution in [1.29, 1.82) is 0 Å². The van der Waals surface area contributed by atoms with Crippen molar-refractivity contribution < 1.29 is 9.84 Å². The summed E-state index contributed by atoms with van der Waals surface area (Å²) in [6, 6.07) is 5.41. The minimum absolute atomic E-state index is 0.583. The number of ether oxygens (including phenoxy) is 1. The highest BCUT2D eigenvalue weighted by atomic mass is 35.5. The molecule has 0 unspecified atom stereocenters. The molecule has 0 saturated heterocycles. The highest BCUT2D eigenvalue weighted by molar-refractivity contribution is 6.31. The summed E-state index contributed by atoms with van der Waals surface area (Å²) in [7, 11) is 1.58. The van der Waals surface area contributed by atoms with Gasteiger partial charge in [-0.15, -0.1) is 0 Å². The average Bonchev–Trinajstić information content (AvgIpc) is 2.84. The van der Waals surface area contributed by atoms with Gasteiger partial charge >= 0.3 is 0 Å². The Morgan fingerprint density at radius 2 is 2.15 bits per heavy atom. The summed E-state index contributed by atoms with van der Waals surface area (Å²) in [5, 5.41) is 10.5. The molecule has 0 heterocycles. The highest BCUT2D eigenvalue weighted by Gasteiger charge is 2.45. The third-order valence-corrected chi connectivity index (χ3v) is 2.70. The van der Waals surface area contributed by atoms with E-state index in [0.29, 0.717) is 10.8 Å². The lowest BCUT2D eigenvalue weighted by atomic mass is 10.1. The van der Waals surface area contributed by atoms with Gasteiger partial charge in [0.2, 0.25) is 0 Å². The molecule has 70 valence electrons. The van der Waals surface area contributed by atoms with E-state index in [2.05, 4.69) is 0 Å². The minimum atomic E-state index is -0.732. The molecular weight excluding hydrogens is 188 g/mol. The predicted octanol–water partition coefficient (Wildman–Crippen LogP) is 2.33. The van der Waals surface area contributed by atoms with E-state index in [9.17, 15) is 5.11 Å². The van der Waals surface area contributed by atoms with Crippen molar-refractivity contribution >= 4 is 11.6 Å². The van der Waals surface area contributed by atoms with E-state index >= 15 is 0 Å². The van der Waals surface area contributed by atoms with Gasteiger partial charge in [0.1, 0.15) is 5.75 Å². The monoisotopic (exact) mass is 198 g/mol. The van der Waals surface area contributed by atoms with E-state index in [0.717, 1.165) is 18.4 Å². The second-order valence-electron chi connectivity index (χ2n) is 3.35. The van der Waals surface area contributed by atoms with E-state index in [-0.39, 0.29) is 0 Å². The molecule has 0 atom stereocenters. The Balaban J connectivity index is 2.52. The molecule has 1 saturated carbocycles. The second-order valence-corrected chi connectivity index (χ2v) is 3.76. The van der Waals surface area contributed by atoms with Gasteiger partial charge in [0.25, 0.3) is 0 Å². The molecule has 3 heteroatoms. The summed E-state index contributed by atoms with van der Waals surface area (Å²) in [5.74, 6) is 0.674. The Labute approximate surface area is 82.1 Å². The fourth-order valence-corrected chi connectivity index (χ4v) is 1.84. The van der Waals surface area contributed by atoms with Crippen LogP contribution in [0.4, 0.5) is 0 Å². The maximum Gasteiger partial charge on any atom is 0.126 e. The zero-order valence-electron chi connectivity index (χ0n) is 7.38. The molecule has 0 bridgehead atoms. The zero-order valence-corrected chi connectivity index (χ0v) is 8.14. The number of benzene rings is 1. The first-order chi connectivity index (χ1) is 6.17. The summed E-state index contributed by atoms with van der Waals surface area (Å²) in [6.07, 6.45) is 1.54. The first kappa shape index (κ1) is 8.85. The number of aliphatic hydroxyl groups is 1. The summed E-state index contributed by atoms with van der Waals surface area (Å²) >= 11 is 5.99. The smallest absolute Gasteiger partial charge is 0.126 e.